The Balaban J connectivity index is 1.18. The lowest BCUT2D eigenvalue weighted by Crippen LogP contribution is -2.41. The summed E-state index contributed by atoms with van der Waals surface area (Å²) in [5, 5.41) is 11.5. The predicted molar refractivity (Wildman–Crippen MR) is 107 cm³/mol. The minimum Gasteiger partial charge on any atom is -0.454 e. The first-order chi connectivity index (χ1) is 14.3. The van der Waals surface area contributed by atoms with E-state index in [4.69, 9.17) is 9.47 Å². The van der Waals surface area contributed by atoms with E-state index in [1.54, 1.807) is 12.1 Å². The van der Waals surface area contributed by atoms with Crippen LogP contribution >= 0.6 is 0 Å². The van der Waals surface area contributed by atoms with Crippen molar-refractivity contribution in [2.45, 2.75) is 18.9 Å². The highest BCUT2D eigenvalue weighted by Gasteiger charge is 2.25. The Morgan fingerprint density at radius 1 is 1.03 bits per heavy atom. The van der Waals surface area contributed by atoms with E-state index in [0.717, 1.165) is 24.1 Å². The van der Waals surface area contributed by atoms with Crippen LogP contribution in [0.4, 0.5) is 10.5 Å². The fraction of sp³-hybridized carbons (Fsp3) is 0.286. The van der Waals surface area contributed by atoms with E-state index in [1.165, 1.54) is 0 Å². The summed E-state index contributed by atoms with van der Waals surface area (Å²) in [6, 6.07) is 15.6. The van der Waals surface area contributed by atoms with Crippen LogP contribution in [0.1, 0.15) is 18.9 Å². The van der Waals surface area contributed by atoms with Gasteiger partial charge in [-0.25, -0.2) is 9.48 Å². The topological polar surface area (TPSA) is 81.5 Å². The molecule has 1 saturated heterocycles. The number of carbonyl (C=O) groups excluding carboxylic acids is 1. The van der Waals surface area contributed by atoms with Crippen molar-refractivity contribution in [3.05, 3.63) is 54.7 Å². The van der Waals surface area contributed by atoms with Crippen LogP contribution in [-0.2, 0) is 0 Å². The number of ether oxygens (including phenoxy) is 2. The fourth-order valence-electron chi connectivity index (χ4n) is 3.71. The van der Waals surface area contributed by atoms with E-state index in [9.17, 15) is 4.79 Å². The highest BCUT2D eigenvalue weighted by Crippen LogP contribution is 2.34. The number of urea groups is 1. The van der Waals surface area contributed by atoms with Crippen molar-refractivity contribution in [1.82, 2.24) is 19.9 Å². The minimum atomic E-state index is -0.106. The Kier molecular flexibility index (Phi) is 4.51. The predicted octanol–water partition coefficient (Wildman–Crippen LogP) is 3.54. The molecule has 3 aromatic rings. The molecule has 8 heteroatoms. The zero-order chi connectivity index (χ0) is 19.6. The first-order valence-electron chi connectivity index (χ1n) is 9.69. The molecule has 29 heavy (non-hydrogen) atoms. The molecule has 2 aromatic carbocycles. The third-order valence-corrected chi connectivity index (χ3v) is 5.33. The standard InChI is InChI=1S/C21H21N5O3/c27-21(22-16-6-7-19-20(12-16)29-14-28-19)25-10-8-17(9-11-25)26-13-18(23-24-26)15-4-2-1-3-5-15/h1-7,12-13,17H,8-11,14H2,(H,22,27). The van der Waals surface area contributed by atoms with E-state index in [1.807, 2.05) is 52.2 Å². The van der Waals surface area contributed by atoms with E-state index < -0.39 is 0 Å². The average Bonchev–Trinajstić information content (AvgIpc) is 3.44. The molecule has 0 aliphatic carbocycles. The van der Waals surface area contributed by atoms with E-state index in [-0.39, 0.29) is 18.9 Å². The molecule has 0 atom stereocenters. The fourth-order valence-corrected chi connectivity index (χ4v) is 3.71. The lowest BCUT2D eigenvalue weighted by atomic mass is 10.1. The van der Waals surface area contributed by atoms with Gasteiger partial charge in [-0.15, -0.1) is 5.10 Å². The van der Waals surface area contributed by atoms with Gasteiger partial charge in [0.25, 0.3) is 0 Å². The van der Waals surface area contributed by atoms with Gasteiger partial charge in [-0.05, 0) is 25.0 Å². The number of anilines is 1. The van der Waals surface area contributed by atoms with Crippen molar-refractivity contribution < 1.29 is 14.3 Å². The summed E-state index contributed by atoms with van der Waals surface area (Å²) < 4.78 is 12.6. The van der Waals surface area contributed by atoms with Gasteiger partial charge in [-0.3, -0.25) is 0 Å². The summed E-state index contributed by atoms with van der Waals surface area (Å²) in [7, 11) is 0. The highest BCUT2D eigenvalue weighted by molar-refractivity contribution is 5.89. The van der Waals surface area contributed by atoms with Gasteiger partial charge in [-0.1, -0.05) is 35.5 Å². The van der Waals surface area contributed by atoms with Crippen molar-refractivity contribution >= 4 is 11.7 Å². The Labute approximate surface area is 168 Å². The maximum absolute atomic E-state index is 12.6. The number of nitrogens with zero attached hydrogens (tertiary/aromatic N) is 4. The second kappa shape index (κ2) is 7.46. The molecule has 1 N–H and O–H groups in total. The van der Waals surface area contributed by atoms with Gasteiger partial charge in [-0.2, -0.15) is 0 Å². The van der Waals surface area contributed by atoms with Gasteiger partial charge in [0.1, 0.15) is 5.69 Å². The normalized spacial score (nSPS) is 16.1. The van der Waals surface area contributed by atoms with Gasteiger partial charge in [0, 0.05) is 30.4 Å². The van der Waals surface area contributed by atoms with Gasteiger partial charge in [0.05, 0.1) is 12.2 Å². The molecule has 0 spiro atoms. The van der Waals surface area contributed by atoms with Crippen LogP contribution < -0.4 is 14.8 Å². The Bertz CT molecular complexity index is 1010. The summed E-state index contributed by atoms with van der Waals surface area (Å²) in [5.41, 5.74) is 2.62. The molecule has 0 bridgehead atoms. The molecule has 148 valence electrons. The van der Waals surface area contributed by atoms with E-state index in [0.29, 0.717) is 30.3 Å². The van der Waals surface area contributed by atoms with Crippen LogP contribution in [0.25, 0.3) is 11.3 Å². The van der Waals surface area contributed by atoms with E-state index >= 15 is 0 Å². The van der Waals surface area contributed by atoms with Gasteiger partial charge in [0.15, 0.2) is 11.5 Å². The Morgan fingerprint density at radius 2 is 1.83 bits per heavy atom. The molecular weight excluding hydrogens is 370 g/mol. The van der Waals surface area contributed by atoms with Crippen molar-refractivity contribution in [2.75, 3.05) is 25.2 Å². The molecule has 2 amide bonds. The average molecular weight is 391 g/mol. The number of hydrogen-bond acceptors (Lipinski definition) is 5. The number of aromatic nitrogens is 3. The number of benzene rings is 2. The summed E-state index contributed by atoms with van der Waals surface area (Å²) in [4.78, 5) is 14.4. The zero-order valence-electron chi connectivity index (χ0n) is 15.8. The lowest BCUT2D eigenvalue weighted by molar-refractivity contribution is 0.174. The Morgan fingerprint density at radius 3 is 2.66 bits per heavy atom. The molecule has 1 fully saturated rings. The number of rotatable bonds is 3. The zero-order valence-corrected chi connectivity index (χ0v) is 15.8. The first kappa shape index (κ1) is 17.5. The number of carbonyl (C=O) groups is 1. The van der Waals surface area contributed by atoms with Crippen LogP contribution in [0.15, 0.2) is 54.7 Å². The SMILES string of the molecule is O=C(Nc1ccc2c(c1)OCO2)N1CCC(n2cc(-c3ccccc3)nn2)CC1. The molecule has 0 unspecified atom stereocenters. The molecule has 0 radical (unpaired) electrons. The number of likely N-dealkylation sites (tertiary alicyclic amines) is 1. The van der Waals surface area contributed by atoms with Gasteiger partial charge >= 0.3 is 6.03 Å². The number of fused-ring (bicyclic) bond motifs is 1. The molecule has 3 heterocycles. The second-order valence-corrected chi connectivity index (χ2v) is 7.17. The van der Waals surface area contributed by atoms with Crippen LogP contribution in [0.3, 0.4) is 0 Å². The quantitative estimate of drug-likeness (QED) is 0.739. The number of piperidine rings is 1. The number of hydrogen-bond donors (Lipinski definition) is 1. The molecule has 8 nitrogen and oxygen atoms in total. The third-order valence-electron chi connectivity index (χ3n) is 5.33. The van der Waals surface area contributed by atoms with Crippen molar-refractivity contribution in [3.8, 4) is 22.8 Å². The van der Waals surface area contributed by atoms with Crippen LogP contribution in [0.5, 0.6) is 11.5 Å². The van der Waals surface area contributed by atoms with Crippen molar-refractivity contribution in [1.29, 1.82) is 0 Å². The van der Waals surface area contributed by atoms with Gasteiger partial charge < -0.3 is 19.7 Å². The summed E-state index contributed by atoms with van der Waals surface area (Å²) in [5.74, 6) is 1.36. The van der Waals surface area contributed by atoms with Gasteiger partial charge in [0.2, 0.25) is 6.79 Å². The lowest BCUT2D eigenvalue weighted by Gasteiger charge is -2.31. The highest BCUT2D eigenvalue weighted by atomic mass is 16.7. The molecule has 2 aliphatic rings. The van der Waals surface area contributed by atoms with Crippen LogP contribution in [-0.4, -0.2) is 45.8 Å². The Hall–Kier alpha value is -3.55. The molecule has 2 aliphatic heterocycles. The summed E-state index contributed by atoms with van der Waals surface area (Å²) >= 11 is 0. The smallest absolute Gasteiger partial charge is 0.321 e. The summed E-state index contributed by atoms with van der Waals surface area (Å²) in [6.45, 7) is 1.55. The maximum atomic E-state index is 12.6. The maximum Gasteiger partial charge on any atom is 0.321 e. The first-order valence-corrected chi connectivity index (χ1v) is 9.69. The molecule has 1 aromatic heterocycles. The molecule has 0 saturated carbocycles. The van der Waals surface area contributed by atoms with Crippen molar-refractivity contribution in [3.63, 3.8) is 0 Å². The van der Waals surface area contributed by atoms with Crippen molar-refractivity contribution in [2.24, 2.45) is 0 Å². The minimum absolute atomic E-state index is 0.106. The second-order valence-electron chi connectivity index (χ2n) is 7.17. The largest absolute Gasteiger partial charge is 0.454 e. The monoisotopic (exact) mass is 391 g/mol. The molecule has 5 rings (SSSR count). The van der Waals surface area contributed by atoms with Crippen LogP contribution in [0, 0.1) is 0 Å². The van der Waals surface area contributed by atoms with Crippen LogP contribution in [0.2, 0.25) is 0 Å². The number of nitrogens with one attached hydrogen (secondary N) is 1. The number of amides is 2. The summed E-state index contributed by atoms with van der Waals surface area (Å²) in [6.07, 6.45) is 3.67. The third kappa shape index (κ3) is 3.61. The molecular formula is C21H21N5O3. The van der Waals surface area contributed by atoms with E-state index in [2.05, 4.69) is 15.6 Å².